The van der Waals surface area contributed by atoms with E-state index >= 15 is 0 Å². The number of hydrogen-bond acceptors (Lipinski definition) is 4. The maximum absolute atomic E-state index is 6.63. The maximum atomic E-state index is 6.63. The molecule has 2 N–H and O–H groups in total. The van der Waals surface area contributed by atoms with Gasteiger partial charge in [0.05, 0.1) is 11.4 Å². The highest BCUT2D eigenvalue weighted by Gasteiger charge is 2.30. The molecule has 0 aliphatic carbocycles. The number of nitrogens with one attached hydrogen (secondary N) is 2. The number of ether oxygens (including phenoxy) is 2. The van der Waals surface area contributed by atoms with Crippen LogP contribution in [0.15, 0.2) is 72.8 Å². The summed E-state index contributed by atoms with van der Waals surface area (Å²) in [6, 6.07) is 25.5. The fraction of sp³-hybridized carbons (Fsp3) is 0.400. The van der Waals surface area contributed by atoms with Gasteiger partial charge in [-0.2, -0.15) is 0 Å². The maximum Gasteiger partial charge on any atom is 0.150 e. The Balaban J connectivity index is 1.88. The molecular formula is C40H52N2O2. The van der Waals surface area contributed by atoms with E-state index in [1.807, 2.05) is 62.6 Å². The van der Waals surface area contributed by atoms with Crippen molar-refractivity contribution in [3.05, 3.63) is 106 Å². The SMILES string of the molecule is CNc1ccccc1Oc1cc(C)c(C(c2cc(C(C)(C)C)c(Oc3ccccc3NC)cc2C)C(C)C)cc1C(C)(C)C. The van der Waals surface area contributed by atoms with Crippen LogP contribution >= 0.6 is 0 Å². The molecule has 4 aromatic rings. The van der Waals surface area contributed by atoms with Crippen molar-refractivity contribution in [2.24, 2.45) is 5.92 Å². The van der Waals surface area contributed by atoms with Crippen molar-refractivity contribution in [3.8, 4) is 23.0 Å². The number of rotatable bonds is 9. The highest BCUT2D eigenvalue weighted by Crippen LogP contribution is 2.46. The van der Waals surface area contributed by atoms with E-state index in [4.69, 9.17) is 9.47 Å². The third-order valence-electron chi connectivity index (χ3n) is 8.44. The van der Waals surface area contributed by atoms with E-state index in [0.29, 0.717) is 5.92 Å². The predicted molar refractivity (Wildman–Crippen MR) is 189 cm³/mol. The van der Waals surface area contributed by atoms with Gasteiger partial charge in [-0.25, -0.2) is 0 Å². The van der Waals surface area contributed by atoms with Gasteiger partial charge in [-0.15, -0.1) is 0 Å². The van der Waals surface area contributed by atoms with Crippen LogP contribution < -0.4 is 20.1 Å². The molecule has 0 spiro atoms. The van der Waals surface area contributed by atoms with E-state index in [9.17, 15) is 0 Å². The van der Waals surface area contributed by atoms with Crippen molar-refractivity contribution >= 4 is 11.4 Å². The Hall–Kier alpha value is -3.92. The molecule has 4 nitrogen and oxygen atoms in total. The zero-order valence-corrected chi connectivity index (χ0v) is 28.9. The molecule has 0 amide bonds. The summed E-state index contributed by atoms with van der Waals surface area (Å²) in [6.07, 6.45) is 0. The van der Waals surface area contributed by atoms with Crippen molar-refractivity contribution in [1.82, 2.24) is 0 Å². The average molecular weight is 593 g/mol. The normalized spacial score (nSPS) is 12.0. The first-order valence-corrected chi connectivity index (χ1v) is 15.8. The monoisotopic (exact) mass is 592 g/mol. The van der Waals surface area contributed by atoms with Crippen molar-refractivity contribution in [1.29, 1.82) is 0 Å². The number of anilines is 2. The lowest BCUT2D eigenvalue weighted by atomic mass is 9.74. The lowest BCUT2D eigenvalue weighted by molar-refractivity contribution is 0.453. The Morgan fingerprint density at radius 2 is 0.909 bits per heavy atom. The van der Waals surface area contributed by atoms with Gasteiger partial charge in [0, 0.05) is 31.1 Å². The second-order valence-corrected chi connectivity index (χ2v) is 14.3. The van der Waals surface area contributed by atoms with Crippen LogP contribution in [-0.2, 0) is 10.8 Å². The van der Waals surface area contributed by atoms with E-state index in [2.05, 4.69) is 104 Å². The first-order chi connectivity index (χ1) is 20.6. The Morgan fingerprint density at radius 1 is 0.545 bits per heavy atom. The summed E-state index contributed by atoms with van der Waals surface area (Å²) in [4.78, 5) is 0. The first-order valence-electron chi connectivity index (χ1n) is 15.8. The summed E-state index contributed by atoms with van der Waals surface area (Å²) in [7, 11) is 3.86. The molecule has 0 aromatic heterocycles. The predicted octanol–water partition coefficient (Wildman–Crippen LogP) is 11.4. The largest absolute Gasteiger partial charge is 0.455 e. The molecule has 4 heteroatoms. The van der Waals surface area contributed by atoms with Crippen LogP contribution in [0.1, 0.15) is 94.7 Å². The lowest BCUT2D eigenvalue weighted by Crippen LogP contribution is -2.19. The van der Waals surface area contributed by atoms with Gasteiger partial charge in [0.25, 0.3) is 0 Å². The molecule has 234 valence electrons. The third-order valence-corrected chi connectivity index (χ3v) is 8.44. The lowest BCUT2D eigenvalue weighted by Gasteiger charge is -2.32. The molecule has 0 heterocycles. The molecule has 0 bridgehead atoms. The molecule has 0 radical (unpaired) electrons. The van der Waals surface area contributed by atoms with E-state index < -0.39 is 0 Å². The zero-order chi connectivity index (χ0) is 32.4. The fourth-order valence-corrected chi connectivity index (χ4v) is 6.05. The van der Waals surface area contributed by atoms with Crippen molar-refractivity contribution in [2.45, 2.75) is 86.0 Å². The molecule has 0 saturated heterocycles. The summed E-state index contributed by atoms with van der Waals surface area (Å²) in [5.74, 6) is 4.05. The highest BCUT2D eigenvalue weighted by molar-refractivity contribution is 5.61. The minimum Gasteiger partial charge on any atom is -0.455 e. The average Bonchev–Trinajstić information content (AvgIpc) is 2.94. The van der Waals surface area contributed by atoms with Gasteiger partial charge in [-0.3, -0.25) is 0 Å². The molecule has 0 aliphatic rings. The van der Waals surface area contributed by atoms with Crippen molar-refractivity contribution in [2.75, 3.05) is 24.7 Å². The van der Waals surface area contributed by atoms with Gasteiger partial charge in [-0.1, -0.05) is 91.8 Å². The smallest absolute Gasteiger partial charge is 0.150 e. The van der Waals surface area contributed by atoms with Gasteiger partial charge in [0.1, 0.15) is 11.5 Å². The number of benzene rings is 4. The van der Waals surface area contributed by atoms with Crippen LogP contribution in [0.5, 0.6) is 23.0 Å². The van der Waals surface area contributed by atoms with E-state index in [1.165, 1.54) is 33.4 Å². The van der Waals surface area contributed by atoms with Gasteiger partial charge in [0.15, 0.2) is 11.5 Å². The number of aryl methyl sites for hydroxylation is 2. The third kappa shape index (κ3) is 7.07. The Labute approximate surface area is 266 Å². The topological polar surface area (TPSA) is 42.5 Å². The second kappa shape index (κ2) is 13.0. The fourth-order valence-electron chi connectivity index (χ4n) is 6.05. The molecule has 0 atom stereocenters. The molecule has 0 saturated carbocycles. The van der Waals surface area contributed by atoms with E-state index in [0.717, 1.165) is 34.4 Å². The number of para-hydroxylation sites is 4. The molecule has 0 aliphatic heterocycles. The molecule has 0 fully saturated rings. The van der Waals surface area contributed by atoms with Crippen LogP contribution in [0.4, 0.5) is 11.4 Å². The summed E-state index contributed by atoms with van der Waals surface area (Å²) in [5.41, 5.74) is 9.27. The van der Waals surface area contributed by atoms with Gasteiger partial charge < -0.3 is 20.1 Å². The summed E-state index contributed by atoms with van der Waals surface area (Å²) >= 11 is 0. The highest BCUT2D eigenvalue weighted by atomic mass is 16.5. The Kier molecular flexibility index (Phi) is 9.73. The van der Waals surface area contributed by atoms with Gasteiger partial charge in [0.2, 0.25) is 0 Å². The summed E-state index contributed by atoms with van der Waals surface area (Å²) in [5, 5.41) is 6.53. The molecule has 4 aromatic carbocycles. The summed E-state index contributed by atoms with van der Waals surface area (Å²) < 4.78 is 13.3. The quantitative estimate of drug-likeness (QED) is 0.203. The minimum atomic E-state index is -0.113. The van der Waals surface area contributed by atoms with Crippen LogP contribution in [0, 0.1) is 19.8 Å². The summed E-state index contributed by atoms with van der Waals surface area (Å²) in [6.45, 7) is 22.7. The second-order valence-electron chi connectivity index (χ2n) is 14.3. The molecule has 44 heavy (non-hydrogen) atoms. The van der Waals surface area contributed by atoms with Crippen LogP contribution in [0.2, 0.25) is 0 Å². The van der Waals surface area contributed by atoms with Crippen molar-refractivity contribution < 1.29 is 9.47 Å². The van der Waals surface area contributed by atoms with Gasteiger partial charge >= 0.3 is 0 Å². The molecule has 0 unspecified atom stereocenters. The van der Waals surface area contributed by atoms with E-state index in [1.54, 1.807) is 0 Å². The molecule has 4 rings (SSSR count). The van der Waals surface area contributed by atoms with Crippen molar-refractivity contribution in [3.63, 3.8) is 0 Å². The Morgan fingerprint density at radius 3 is 1.23 bits per heavy atom. The first kappa shape index (κ1) is 33.0. The van der Waals surface area contributed by atoms with Crippen LogP contribution in [0.3, 0.4) is 0 Å². The zero-order valence-electron chi connectivity index (χ0n) is 28.9. The van der Waals surface area contributed by atoms with Crippen LogP contribution in [0.25, 0.3) is 0 Å². The van der Waals surface area contributed by atoms with Gasteiger partial charge in [-0.05, 0) is 89.2 Å². The minimum absolute atomic E-state index is 0.113. The Bertz CT molecular complexity index is 1490. The standard InChI is InChI=1S/C40H52N2O2/c1-25(2)38(28-23-30(39(5,6)7)36(21-26(28)3)43-34-19-15-13-17-32(34)41-11)29-24-31(40(8,9)10)37(22-27(29)4)44-35-20-16-14-18-33(35)42-12/h13-25,38,41-42H,1-12H3. The van der Waals surface area contributed by atoms with E-state index in [-0.39, 0.29) is 16.7 Å². The van der Waals surface area contributed by atoms with Crippen LogP contribution in [-0.4, -0.2) is 14.1 Å². The molecular weight excluding hydrogens is 540 g/mol. The number of hydrogen-bond donors (Lipinski definition) is 2.